The van der Waals surface area contributed by atoms with Gasteiger partial charge in [-0.1, -0.05) is 36.4 Å². The number of carboxylic acids is 1. The Morgan fingerprint density at radius 2 is 1.23 bits per heavy atom. The van der Waals surface area contributed by atoms with Crippen molar-refractivity contribution < 1.29 is 48.3 Å². The molecule has 0 aliphatic carbocycles. The summed E-state index contributed by atoms with van der Waals surface area (Å²) in [4.78, 5) is 111. The Morgan fingerprint density at radius 3 is 1.75 bits per heavy atom. The summed E-state index contributed by atoms with van der Waals surface area (Å²) in [5, 5.41) is 23.5. The van der Waals surface area contributed by atoms with E-state index < -0.39 is 96.4 Å². The summed E-state index contributed by atoms with van der Waals surface area (Å²) in [7, 11) is 0. The number of primary amides is 2. The van der Waals surface area contributed by atoms with Crippen molar-refractivity contribution >= 4 is 75.8 Å². The number of hydrogen-bond donors (Lipinski definition) is 10. The van der Waals surface area contributed by atoms with Crippen molar-refractivity contribution in [3.8, 4) is 0 Å². The molecule has 0 aromatic heterocycles. The highest BCUT2D eigenvalue weighted by Crippen LogP contribution is 2.08. The average molecular weight is 798 g/mol. The van der Waals surface area contributed by atoms with Gasteiger partial charge in [0.1, 0.15) is 30.2 Å². The highest BCUT2D eigenvalue weighted by molar-refractivity contribution is 14.1. The van der Waals surface area contributed by atoms with Gasteiger partial charge in [0.15, 0.2) is 0 Å². The van der Waals surface area contributed by atoms with Crippen LogP contribution in [0.5, 0.6) is 0 Å². The van der Waals surface area contributed by atoms with Gasteiger partial charge in [0.2, 0.25) is 47.3 Å². The molecule has 8 amide bonds. The second-order valence-corrected chi connectivity index (χ2v) is 12.1. The number of unbranched alkanes of at least 4 members (excludes halogenated alkanes) is 1. The third-order valence-electron chi connectivity index (χ3n) is 6.61. The number of nitrogens with one attached hydrogen (secondary N) is 6. The van der Waals surface area contributed by atoms with Gasteiger partial charge in [-0.05, 0) is 51.5 Å². The number of carbonyl (C=O) groups excluding carboxylic acids is 8. The molecule has 20 heteroatoms. The fourth-order valence-electron chi connectivity index (χ4n) is 4.10. The van der Waals surface area contributed by atoms with Crippen molar-refractivity contribution in [2.45, 2.75) is 95.9 Å². The van der Waals surface area contributed by atoms with Crippen LogP contribution < -0.4 is 49.1 Å². The molecule has 0 aromatic carbocycles. The lowest BCUT2D eigenvalue weighted by Gasteiger charge is -2.25. The number of hydrogen-bond acceptors (Lipinski definition) is 10. The van der Waals surface area contributed by atoms with Gasteiger partial charge in [-0.3, -0.25) is 43.2 Å². The van der Waals surface area contributed by atoms with E-state index in [2.05, 4.69) is 31.9 Å². The molecule has 0 radical (unpaired) electrons. The lowest BCUT2D eigenvalue weighted by Crippen LogP contribution is -2.58. The number of amides is 8. The quantitative estimate of drug-likeness (QED) is 0.0258. The summed E-state index contributed by atoms with van der Waals surface area (Å²) in [6.07, 6.45) is -0.157. The van der Waals surface area contributed by atoms with Crippen LogP contribution in [0.25, 0.3) is 0 Å². The van der Waals surface area contributed by atoms with E-state index >= 15 is 0 Å². The van der Waals surface area contributed by atoms with E-state index in [4.69, 9.17) is 17.2 Å². The maximum absolute atomic E-state index is 13.3. The van der Waals surface area contributed by atoms with E-state index in [1.807, 2.05) is 0 Å². The first-order valence-electron chi connectivity index (χ1n) is 15.2. The van der Waals surface area contributed by atoms with E-state index in [0.717, 1.165) is 0 Å². The summed E-state index contributed by atoms with van der Waals surface area (Å²) < 4.78 is -0.0760. The van der Waals surface area contributed by atoms with E-state index in [9.17, 15) is 48.3 Å². The summed E-state index contributed by atoms with van der Waals surface area (Å²) >= 11 is 1.71. The average Bonchev–Trinajstić information content (AvgIpc) is 2.99. The van der Waals surface area contributed by atoms with Gasteiger partial charge in [0.05, 0.1) is 17.4 Å². The van der Waals surface area contributed by atoms with E-state index in [1.165, 1.54) is 6.92 Å². The minimum absolute atomic E-state index is 0.0760. The first kappa shape index (κ1) is 43.9. The smallest absolute Gasteiger partial charge is 0.305 e. The number of carboxylic acid groups (broad SMARTS) is 1. The Morgan fingerprint density at radius 1 is 0.688 bits per heavy atom. The van der Waals surface area contributed by atoms with Crippen molar-refractivity contribution in [3.63, 3.8) is 0 Å². The van der Waals surface area contributed by atoms with Crippen molar-refractivity contribution in [3.05, 3.63) is 0 Å². The van der Waals surface area contributed by atoms with Gasteiger partial charge in [0, 0.05) is 6.42 Å². The van der Waals surface area contributed by atoms with Crippen LogP contribution in [-0.2, 0) is 43.2 Å². The first-order chi connectivity index (χ1) is 22.4. The first-order valence-corrected chi connectivity index (χ1v) is 16.8. The molecular weight excluding hydrogens is 749 g/mol. The number of halogens is 1. The number of aliphatic carboxylic acids is 1. The van der Waals surface area contributed by atoms with Gasteiger partial charge in [-0.25, -0.2) is 0 Å². The standard InChI is InChI=1S/C28H48IN9O10/c1-14(2)10-18(25(45)33-13-22(41)35-16(6-4-5-9-30)26(46)34-15(3)24(32)44)38-27(47)17(7-8-20(31)39)37-28(48)19(11-23(42)43)36-21(40)12-29/h14-19H,4-13,30H2,1-3H3,(H2,31,39)(H2,32,44)(H,33,45)(H,34,46)(H,35,41)(H,36,40)(H,37,48)(H,38,47)(H,42,43)/t15-,16-,17-,18-,19?/m0/s1. The molecule has 0 rings (SSSR count). The zero-order valence-corrected chi connectivity index (χ0v) is 29.4. The van der Waals surface area contributed by atoms with Gasteiger partial charge in [-0.15, -0.1) is 0 Å². The fourth-order valence-corrected chi connectivity index (χ4v) is 4.32. The van der Waals surface area contributed by atoms with Crippen molar-refractivity contribution in [2.75, 3.05) is 17.5 Å². The molecule has 0 aromatic rings. The zero-order chi connectivity index (χ0) is 37.0. The van der Waals surface area contributed by atoms with Crippen LogP contribution in [0.1, 0.15) is 65.7 Å². The van der Waals surface area contributed by atoms with Crippen LogP contribution in [-0.4, -0.2) is 106 Å². The van der Waals surface area contributed by atoms with Crippen LogP contribution in [0.4, 0.5) is 0 Å². The molecule has 0 aliphatic rings. The molecule has 19 nitrogen and oxygen atoms in total. The largest absolute Gasteiger partial charge is 0.481 e. The SMILES string of the molecule is CC(C)C[C@H](NC(=O)[C@H](CCC(N)=O)NC(=O)C(CC(=O)O)NC(=O)CI)C(=O)NCC(=O)N[C@@H](CCCCN)C(=O)N[C@@H](C)C(N)=O. The molecule has 0 bridgehead atoms. The molecular formula is C28H48IN9O10. The number of rotatable bonds is 24. The molecule has 1 unspecified atom stereocenters. The Kier molecular flexibility index (Phi) is 21.3. The fraction of sp³-hybridized carbons (Fsp3) is 0.679. The second kappa shape index (κ2) is 23.3. The molecule has 5 atom stereocenters. The summed E-state index contributed by atoms with van der Waals surface area (Å²) in [5.41, 5.74) is 15.9. The lowest BCUT2D eigenvalue weighted by molar-refractivity contribution is -0.141. The number of carbonyl (C=O) groups is 9. The maximum Gasteiger partial charge on any atom is 0.305 e. The number of nitrogens with two attached hydrogens (primary N) is 3. The predicted molar refractivity (Wildman–Crippen MR) is 179 cm³/mol. The van der Waals surface area contributed by atoms with Gasteiger partial charge < -0.3 is 54.2 Å². The molecule has 272 valence electrons. The maximum atomic E-state index is 13.3. The van der Waals surface area contributed by atoms with Crippen LogP contribution in [0.2, 0.25) is 0 Å². The number of alkyl halides is 1. The topological polar surface area (TPSA) is 324 Å². The van der Waals surface area contributed by atoms with Crippen LogP contribution in [0.3, 0.4) is 0 Å². The molecule has 0 saturated heterocycles. The molecule has 13 N–H and O–H groups in total. The van der Waals surface area contributed by atoms with Crippen molar-refractivity contribution in [2.24, 2.45) is 23.1 Å². The third kappa shape index (κ3) is 18.9. The van der Waals surface area contributed by atoms with Gasteiger partial charge in [0.25, 0.3) is 0 Å². The second-order valence-electron chi connectivity index (χ2n) is 11.4. The van der Waals surface area contributed by atoms with Crippen LogP contribution >= 0.6 is 22.6 Å². The Bertz CT molecular complexity index is 1170. The Balaban J connectivity index is 5.76. The molecule has 0 heterocycles. The minimum atomic E-state index is -1.54. The normalized spacial score (nSPS) is 13.9. The molecule has 0 spiro atoms. The monoisotopic (exact) mass is 797 g/mol. The van der Waals surface area contributed by atoms with Crippen molar-refractivity contribution in [1.29, 1.82) is 0 Å². The lowest BCUT2D eigenvalue weighted by atomic mass is 10.0. The van der Waals surface area contributed by atoms with Gasteiger partial charge >= 0.3 is 5.97 Å². The predicted octanol–water partition coefficient (Wildman–Crippen LogP) is -3.62. The van der Waals surface area contributed by atoms with E-state index in [-0.39, 0.29) is 36.0 Å². The minimum Gasteiger partial charge on any atom is -0.481 e. The molecule has 0 saturated carbocycles. The van der Waals surface area contributed by atoms with Gasteiger partial charge in [-0.2, -0.15) is 0 Å². The summed E-state index contributed by atoms with van der Waals surface area (Å²) in [6.45, 7) is 4.66. The van der Waals surface area contributed by atoms with Crippen molar-refractivity contribution in [1.82, 2.24) is 31.9 Å². The van der Waals surface area contributed by atoms with Crippen LogP contribution in [0.15, 0.2) is 0 Å². The van der Waals surface area contributed by atoms with Crippen LogP contribution in [0, 0.1) is 5.92 Å². The Hall–Kier alpha value is -4.08. The van der Waals surface area contributed by atoms with E-state index in [1.54, 1.807) is 36.4 Å². The molecule has 0 fully saturated rings. The zero-order valence-electron chi connectivity index (χ0n) is 27.3. The molecule has 48 heavy (non-hydrogen) atoms. The van der Waals surface area contributed by atoms with E-state index in [0.29, 0.717) is 19.4 Å². The summed E-state index contributed by atoms with van der Waals surface area (Å²) in [6, 6.07) is -6.29. The summed E-state index contributed by atoms with van der Waals surface area (Å²) in [5.74, 6) is -7.88. The molecule has 0 aliphatic heterocycles. The highest BCUT2D eigenvalue weighted by atomic mass is 127. The highest BCUT2D eigenvalue weighted by Gasteiger charge is 2.31. The Labute approximate surface area is 291 Å². The third-order valence-corrected chi connectivity index (χ3v) is 7.30.